The quantitative estimate of drug-likeness (QED) is 0.898. The Hall–Kier alpha value is -1.81. The van der Waals surface area contributed by atoms with Crippen LogP contribution in [0.2, 0.25) is 0 Å². The van der Waals surface area contributed by atoms with Crippen molar-refractivity contribution in [2.45, 2.75) is 26.0 Å². The summed E-state index contributed by atoms with van der Waals surface area (Å²) in [6, 6.07) is 8.27. The van der Waals surface area contributed by atoms with Gasteiger partial charge in [-0.15, -0.1) is 0 Å². The largest absolute Gasteiger partial charge is 0.472 e. The number of nitrogens with one attached hydrogen (secondary N) is 1. The van der Waals surface area contributed by atoms with Crippen molar-refractivity contribution in [3.8, 4) is 11.4 Å². The molecule has 1 unspecified atom stereocenters. The van der Waals surface area contributed by atoms with Crippen molar-refractivity contribution >= 4 is 0 Å². The number of hydrogen-bond donors (Lipinski definition) is 1. The Morgan fingerprint density at radius 2 is 2.17 bits per heavy atom. The number of hydrogen-bond acceptors (Lipinski definition) is 3. The average molecular weight is 243 g/mol. The molecule has 1 aliphatic heterocycles. The molecule has 3 rings (SSSR count). The summed E-state index contributed by atoms with van der Waals surface area (Å²) in [6.45, 7) is 3.12. The molecule has 1 atom stereocenters. The van der Waals surface area contributed by atoms with Gasteiger partial charge in [0.1, 0.15) is 6.23 Å². The van der Waals surface area contributed by atoms with Crippen molar-refractivity contribution in [2.75, 3.05) is 6.54 Å². The minimum atomic E-state index is 0.140. The summed E-state index contributed by atoms with van der Waals surface area (Å²) >= 11 is 0. The van der Waals surface area contributed by atoms with Gasteiger partial charge in [-0.05, 0) is 38.4 Å². The topological polar surface area (TPSA) is 39.1 Å². The summed E-state index contributed by atoms with van der Waals surface area (Å²) in [5, 5.41) is 7.62. The predicted molar refractivity (Wildman–Crippen MR) is 70.0 cm³/mol. The summed E-state index contributed by atoms with van der Waals surface area (Å²) in [6.07, 6.45) is 6.07. The summed E-state index contributed by atoms with van der Waals surface area (Å²) in [7, 11) is 0. The van der Waals surface area contributed by atoms with Crippen LogP contribution in [0.3, 0.4) is 0 Å². The van der Waals surface area contributed by atoms with E-state index in [1.54, 1.807) is 6.20 Å². The third-order valence-corrected chi connectivity index (χ3v) is 3.15. The Morgan fingerprint density at radius 3 is 2.89 bits per heavy atom. The molecule has 94 valence electrons. The zero-order valence-electron chi connectivity index (χ0n) is 10.5. The van der Waals surface area contributed by atoms with E-state index in [4.69, 9.17) is 4.74 Å². The fourth-order valence-corrected chi connectivity index (χ4v) is 2.12. The molecule has 1 aromatic heterocycles. The smallest absolute Gasteiger partial charge is 0.160 e. The highest BCUT2D eigenvalue weighted by atomic mass is 16.5. The maximum atomic E-state index is 5.81. The van der Waals surface area contributed by atoms with Crippen LogP contribution in [0, 0.1) is 6.92 Å². The molecule has 1 aromatic carbocycles. The minimum absolute atomic E-state index is 0.140. The second-order valence-electron chi connectivity index (χ2n) is 4.66. The van der Waals surface area contributed by atoms with Crippen LogP contribution in [0.15, 0.2) is 36.7 Å². The number of aromatic nitrogens is 2. The number of aryl methyl sites for hydroxylation is 1. The van der Waals surface area contributed by atoms with Gasteiger partial charge in [-0.2, -0.15) is 5.10 Å². The lowest BCUT2D eigenvalue weighted by Gasteiger charge is -2.10. The van der Waals surface area contributed by atoms with E-state index in [0.29, 0.717) is 0 Å². The monoisotopic (exact) mass is 243 g/mol. The van der Waals surface area contributed by atoms with Gasteiger partial charge in [0.2, 0.25) is 0 Å². The van der Waals surface area contributed by atoms with Crippen molar-refractivity contribution in [2.24, 2.45) is 0 Å². The van der Waals surface area contributed by atoms with Crippen LogP contribution >= 0.6 is 0 Å². The fraction of sp³-hybridized carbons (Fsp3) is 0.357. The maximum absolute atomic E-state index is 5.81. The number of benzene rings is 1. The zero-order valence-corrected chi connectivity index (χ0v) is 10.5. The third-order valence-electron chi connectivity index (χ3n) is 3.15. The minimum Gasteiger partial charge on any atom is -0.472 e. The Balaban J connectivity index is 1.74. The lowest BCUT2D eigenvalue weighted by atomic mass is 10.2. The maximum Gasteiger partial charge on any atom is 0.160 e. The van der Waals surface area contributed by atoms with Gasteiger partial charge in [-0.1, -0.05) is 17.7 Å². The van der Waals surface area contributed by atoms with E-state index in [1.165, 1.54) is 12.0 Å². The van der Waals surface area contributed by atoms with Gasteiger partial charge < -0.3 is 4.74 Å². The Labute approximate surface area is 107 Å². The van der Waals surface area contributed by atoms with Crippen molar-refractivity contribution in [3.63, 3.8) is 0 Å². The van der Waals surface area contributed by atoms with Gasteiger partial charge in [0, 0.05) is 0 Å². The third kappa shape index (κ3) is 2.38. The number of ether oxygens (including phenoxy) is 1. The molecule has 1 N–H and O–H groups in total. The molecule has 2 aromatic rings. The Kier molecular flexibility index (Phi) is 3.02. The summed E-state index contributed by atoms with van der Waals surface area (Å²) in [4.78, 5) is 0. The second-order valence-corrected chi connectivity index (χ2v) is 4.66. The first-order valence-corrected chi connectivity index (χ1v) is 6.33. The van der Waals surface area contributed by atoms with E-state index in [2.05, 4.69) is 41.6 Å². The molecule has 1 saturated heterocycles. The molecule has 0 spiro atoms. The zero-order chi connectivity index (χ0) is 12.4. The lowest BCUT2D eigenvalue weighted by molar-refractivity contribution is 0.187. The Bertz CT molecular complexity index is 512. The van der Waals surface area contributed by atoms with Crippen LogP contribution in [0.1, 0.15) is 18.4 Å². The fourth-order valence-electron chi connectivity index (χ4n) is 2.12. The first kappa shape index (κ1) is 11.3. The van der Waals surface area contributed by atoms with Crippen LogP contribution in [-0.4, -0.2) is 22.6 Å². The molecule has 2 heterocycles. The van der Waals surface area contributed by atoms with E-state index in [0.717, 1.165) is 24.4 Å². The Morgan fingerprint density at radius 1 is 1.33 bits per heavy atom. The molecule has 0 saturated carbocycles. The SMILES string of the molecule is Cc1ccc(-n2cc(OC3CCCN3)cn2)cc1. The summed E-state index contributed by atoms with van der Waals surface area (Å²) in [5.74, 6) is 0.815. The van der Waals surface area contributed by atoms with Gasteiger partial charge >= 0.3 is 0 Å². The highest BCUT2D eigenvalue weighted by molar-refractivity contribution is 5.34. The molecule has 1 aliphatic rings. The van der Waals surface area contributed by atoms with E-state index < -0.39 is 0 Å². The van der Waals surface area contributed by atoms with Crippen molar-refractivity contribution in [1.82, 2.24) is 15.1 Å². The van der Waals surface area contributed by atoms with E-state index >= 15 is 0 Å². The van der Waals surface area contributed by atoms with E-state index in [-0.39, 0.29) is 6.23 Å². The number of nitrogens with zero attached hydrogens (tertiary/aromatic N) is 2. The van der Waals surface area contributed by atoms with Crippen molar-refractivity contribution < 1.29 is 4.74 Å². The van der Waals surface area contributed by atoms with Crippen LogP contribution in [0.5, 0.6) is 5.75 Å². The predicted octanol–water partition coefficient (Wildman–Crippen LogP) is 2.27. The second kappa shape index (κ2) is 4.82. The summed E-state index contributed by atoms with van der Waals surface area (Å²) in [5.41, 5.74) is 2.30. The van der Waals surface area contributed by atoms with Crippen LogP contribution < -0.4 is 10.1 Å². The molecule has 0 aliphatic carbocycles. The van der Waals surface area contributed by atoms with Crippen molar-refractivity contribution in [1.29, 1.82) is 0 Å². The van der Waals surface area contributed by atoms with E-state index in [9.17, 15) is 0 Å². The van der Waals surface area contributed by atoms with Crippen LogP contribution in [-0.2, 0) is 0 Å². The van der Waals surface area contributed by atoms with Gasteiger partial charge in [-0.25, -0.2) is 4.68 Å². The molecule has 0 bridgehead atoms. The highest BCUT2D eigenvalue weighted by Gasteiger charge is 2.16. The molecular weight excluding hydrogens is 226 g/mol. The molecule has 0 amide bonds. The van der Waals surface area contributed by atoms with Crippen LogP contribution in [0.25, 0.3) is 5.69 Å². The number of rotatable bonds is 3. The van der Waals surface area contributed by atoms with E-state index in [1.807, 2.05) is 10.9 Å². The highest BCUT2D eigenvalue weighted by Crippen LogP contribution is 2.17. The first-order valence-electron chi connectivity index (χ1n) is 6.33. The standard InChI is InChI=1S/C14H17N3O/c1-11-4-6-12(7-5-11)17-10-13(9-16-17)18-14-3-2-8-15-14/h4-7,9-10,14-15H,2-3,8H2,1H3. The van der Waals surface area contributed by atoms with Gasteiger partial charge in [0.05, 0.1) is 18.1 Å². The summed E-state index contributed by atoms with van der Waals surface area (Å²) < 4.78 is 7.64. The molecule has 1 fully saturated rings. The van der Waals surface area contributed by atoms with Crippen molar-refractivity contribution in [3.05, 3.63) is 42.2 Å². The molecule has 0 radical (unpaired) electrons. The van der Waals surface area contributed by atoms with Gasteiger partial charge in [0.25, 0.3) is 0 Å². The normalized spacial score (nSPS) is 19.1. The van der Waals surface area contributed by atoms with Crippen LogP contribution in [0.4, 0.5) is 0 Å². The molecule has 4 heteroatoms. The van der Waals surface area contributed by atoms with Gasteiger partial charge in [-0.3, -0.25) is 5.32 Å². The average Bonchev–Trinajstić information content (AvgIpc) is 3.02. The lowest BCUT2D eigenvalue weighted by Crippen LogP contribution is -2.27. The molecule has 18 heavy (non-hydrogen) atoms. The molecular formula is C14H17N3O. The van der Waals surface area contributed by atoms with Gasteiger partial charge in [0.15, 0.2) is 5.75 Å². The first-order chi connectivity index (χ1) is 8.81. The molecule has 4 nitrogen and oxygen atoms in total.